The van der Waals surface area contributed by atoms with E-state index in [1.54, 1.807) is 24.3 Å². The molecule has 1 atom stereocenters. The molecule has 0 aliphatic carbocycles. The Morgan fingerprint density at radius 1 is 1.20 bits per heavy atom. The Bertz CT molecular complexity index is 460. The molecule has 0 aliphatic rings. The van der Waals surface area contributed by atoms with Crippen molar-refractivity contribution >= 4 is 33.4 Å². The molecule has 3 N–H and O–H groups in total. The molecule has 6 heteroatoms. The van der Waals surface area contributed by atoms with Crippen molar-refractivity contribution in [2.75, 3.05) is 11.9 Å². The van der Waals surface area contributed by atoms with E-state index in [1.165, 1.54) is 0 Å². The normalized spacial score (nSPS) is 12.1. The summed E-state index contributed by atoms with van der Waals surface area (Å²) in [7, 11) is 0. The quantitative estimate of drug-likeness (QED) is 0.715. The minimum atomic E-state index is -0.712. The fraction of sp³-hybridized carbons (Fsp3) is 0.429. The number of aliphatic hydroxyl groups is 1. The van der Waals surface area contributed by atoms with Crippen LogP contribution in [-0.4, -0.2) is 29.6 Å². The van der Waals surface area contributed by atoms with Crippen molar-refractivity contribution in [3.05, 3.63) is 28.7 Å². The summed E-state index contributed by atoms with van der Waals surface area (Å²) in [5.41, 5.74) is 0.552. The number of anilines is 1. The summed E-state index contributed by atoms with van der Waals surface area (Å²) in [5.74, 6) is -1.26. The molecule has 110 valence electrons. The van der Waals surface area contributed by atoms with Gasteiger partial charge in [-0.25, -0.2) is 0 Å². The highest BCUT2D eigenvalue weighted by molar-refractivity contribution is 9.10. The number of aliphatic hydroxyl groups excluding tert-OH is 1. The van der Waals surface area contributed by atoms with E-state index in [2.05, 4.69) is 26.6 Å². The second kappa shape index (κ2) is 8.01. The van der Waals surface area contributed by atoms with Gasteiger partial charge in [0.05, 0.1) is 0 Å². The van der Waals surface area contributed by atoms with E-state index in [-0.39, 0.29) is 18.6 Å². The summed E-state index contributed by atoms with van der Waals surface area (Å²) in [4.78, 5) is 23.6. The lowest BCUT2D eigenvalue weighted by molar-refractivity contribution is -0.136. The predicted octanol–water partition coefficient (Wildman–Crippen LogP) is 1.91. The van der Waals surface area contributed by atoms with Crippen molar-refractivity contribution in [2.45, 2.75) is 26.3 Å². The molecule has 1 unspecified atom stereocenters. The number of nitrogens with one attached hydrogen (secondary N) is 2. The molecule has 0 fully saturated rings. The van der Waals surface area contributed by atoms with Gasteiger partial charge in [-0.3, -0.25) is 9.59 Å². The largest absolute Gasteiger partial charge is 0.396 e. The van der Waals surface area contributed by atoms with E-state index in [9.17, 15) is 9.59 Å². The molecule has 2 amide bonds. The van der Waals surface area contributed by atoms with Crippen LogP contribution in [0.5, 0.6) is 0 Å². The molecule has 0 saturated heterocycles. The van der Waals surface area contributed by atoms with Gasteiger partial charge >= 0.3 is 11.8 Å². The summed E-state index contributed by atoms with van der Waals surface area (Å²) in [5, 5.41) is 14.1. The first-order chi connectivity index (χ1) is 9.43. The summed E-state index contributed by atoms with van der Waals surface area (Å²) >= 11 is 3.29. The Morgan fingerprint density at radius 2 is 1.80 bits per heavy atom. The van der Waals surface area contributed by atoms with Gasteiger partial charge in [-0.15, -0.1) is 0 Å². The summed E-state index contributed by atoms with van der Waals surface area (Å²) in [6.45, 7) is 3.82. The minimum absolute atomic E-state index is 0.0303. The fourth-order valence-corrected chi connectivity index (χ4v) is 1.93. The highest BCUT2D eigenvalue weighted by Crippen LogP contribution is 2.14. The van der Waals surface area contributed by atoms with E-state index < -0.39 is 11.8 Å². The van der Waals surface area contributed by atoms with Gasteiger partial charge < -0.3 is 15.7 Å². The lowest BCUT2D eigenvalue weighted by Gasteiger charge is -2.21. The van der Waals surface area contributed by atoms with Crippen molar-refractivity contribution in [1.82, 2.24) is 5.32 Å². The number of carbonyl (C=O) groups excluding carboxylic acids is 2. The lowest BCUT2D eigenvalue weighted by Crippen LogP contribution is -2.44. The Hall–Kier alpha value is -1.40. The lowest BCUT2D eigenvalue weighted by atomic mass is 10.0. The molecular weight excluding hydrogens is 324 g/mol. The van der Waals surface area contributed by atoms with E-state index in [0.29, 0.717) is 12.1 Å². The van der Waals surface area contributed by atoms with E-state index in [1.807, 2.05) is 13.8 Å². The zero-order valence-corrected chi connectivity index (χ0v) is 13.1. The number of carbonyl (C=O) groups is 2. The fourth-order valence-electron chi connectivity index (χ4n) is 1.67. The molecule has 0 heterocycles. The first kappa shape index (κ1) is 16.7. The molecule has 0 saturated carbocycles. The summed E-state index contributed by atoms with van der Waals surface area (Å²) < 4.78 is 0.891. The van der Waals surface area contributed by atoms with Gasteiger partial charge in [0.1, 0.15) is 0 Å². The summed E-state index contributed by atoms with van der Waals surface area (Å²) in [6, 6.07) is 6.72. The Balaban J connectivity index is 2.58. The van der Waals surface area contributed by atoms with Gasteiger partial charge in [-0.1, -0.05) is 29.8 Å². The molecule has 0 aromatic heterocycles. The van der Waals surface area contributed by atoms with Crippen LogP contribution in [0.1, 0.15) is 20.3 Å². The zero-order chi connectivity index (χ0) is 15.1. The number of amides is 2. The number of halogens is 1. The van der Waals surface area contributed by atoms with Crippen LogP contribution in [0.3, 0.4) is 0 Å². The van der Waals surface area contributed by atoms with Crippen molar-refractivity contribution in [1.29, 1.82) is 0 Å². The van der Waals surface area contributed by atoms with E-state index in [4.69, 9.17) is 5.11 Å². The molecule has 0 aliphatic heterocycles. The maximum absolute atomic E-state index is 11.8. The van der Waals surface area contributed by atoms with Crippen molar-refractivity contribution < 1.29 is 14.7 Å². The number of benzene rings is 1. The van der Waals surface area contributed by atoms with Gasteiger partial charge in [-0.2, -0.15) is 0 Å². The first-order valence-corrected chi connectivity index (χ1v) is 7.21. The monoisotopic (exact) mass is 342 g/mol. The Labute approximate surface area is 126 Å². The summed E-state index contributed by atoms with van der Waals surface area (Å²) in [6.07, 6.45) is 0.426. The smallest absolute Gasteiger partial charge is 0.313 e. The van der Waals surface area contributed by atoms with Crippen LogP contribution in [0.15, 0.2) is 28.7 Å². The topological polar surface area (TPSA) is 78.4 Å². The van der Waals surface area contributed by atoms with E-state index in [0.717, 1.165) is 4.47 Å². The minimum Gasteiger partial charge on any atom is -0.396 e. The van der Waals surface area contributed by atoms with Gasteiger partial charge in [-0.05, 0) is 36.6 Å². The molecule has 0 radical (unpaired) electrons. The average Bonchev–Trinajstić information content (AvgIpc) is 2.40. The molecule has 0 bridgehead atoms. The molecule has 1 aromatic carbocycles. The average molecular weight is 343 g/mol. The molecule has 0 spiro atoms. The maximum atomic E-state index is 11.8. The third-order valence-electron chi connectivity index (χ3n) is 2.87. The first-order valence-electron chi connectivity index (χ1n) is 6.42. The predicted molar refractivity (Wildman–Crippen MR) is 81.2 cm³/mol. The third kappa shape index (κ3) is 5.30. The van der Waals surface area contributed by atoms with Crippen LogP contribution in [0.2, 0.25) is 0 Å². The number of rotatable bonds is 5. The van der Waals surface area contributed by atoms with E-state index >= 15 is 0 Å². The number of hydrogen-bond donors (Lipinski definition) is 3. The van der Waals surface area contributed by atoms with Crippen LogP contribution in [-0.2, 0) is 9.59 Å². The SMILES string of the molecule is CC(C)C(CCO)NC(=O)C(=O)Nc1ccc(Br)cc1. The second-order valence-electron chi connectivity index (χ2n) is 4.80. The maximum Gasteiger partial charge on any atom is 0.313 e. The van der Waals surface area contributed by atoms with Crippen LogP contribution in [0.4, 0.5) is 5.69 Å². The molecule has 20 heavy (non-hydrogen) atoms. The highest BCUT2D eigenvalue weighted by Gasteiger charge is 2.20. The highest BCUT2D eigenvalue weighted by atomic mass is 79.9. The molecular formula is C14H19BrN2O3. The van der Waals surface area contributed by atoms with Crippen LogP contribution < -0.4 is 10.6 Å². The Kier molecular flexibility index (Phi) is 6.67. The molecule has 1 rings (SSSR count). The second-order valence-corrected chi connectivity index (χ2v) is 5.71. The molecule has 5 nitrogen and oxygen atoms in total. The van der Waals surface area contributed by atoms with Crippen LogP contribution in [0, 0.1) is 5.92 Å². The Morgan fingerprint density at radius 3 is 2.30 bits per heavy atom. The van der Waals surface area contributed by atoms with Gasteiger partial charge in [0.25, 0.3) is 0 Å². The standard InChI is InChI=1S/C14H19BrN2O3/c1-9(2)12(7-8-18)17-14(20)13(19)16-11-5-3-10(15)4-6-11/h3-6,9,12,18H,7-8H2,1-2H3,(H,16,19)(H,17,20). The van der Waals surface area contributed by atoms with Gasteiger partial charge in [0, 0.05) is 22.8 Å². The number of hydrogen-bond acceptors (Lipinski definition) is 3. The van der Waals surface area contributed by atoms with Gasteiger partial charge in [0.2, 0.25) is 0 Å². The van der Waals surface area contributed by atoms with Gasteiger partial charge in [0.15, 0.2) is 0 Å². The van der Waals surface area contributed by atoms with Crippen molar-refractivity contribution in [3.63, 3.8) is 0 Å². The van der Waals surface area contributed by atoms with Crippen molar-refractivity contribution in [3.8, 4) is 0 Å². The van der Waals surface area contributed by atoms with Crippen LogP contribution in [0.25, 0.3) is 0 Å². The zero-order valence-electron chi connectivity index (χ0n) is 11.5. The van der Waals surface area contributed by atoms with Crippen molar-refractivity contribution in [2.24, 2.45) is 5.92 Å². The van der Waals surface area contributed by atoms with Crippen LogP contribution >= 0.6 is 15.9 Å². The molecule has 1 aromatic rings. The third-order valence-corrected chi connectivity index (χ3v) is 3.40.